The van der Waals surface area contributed by atoms with Crippen molar-refractivity contribution in [1.82, 2.24) is 0 Å². The van der Waals surface area contributed by atoms with E-state index in [1.165, 1.54) is 69.7 Å². The molecule has 1 aliphatic rings. The first kappa shape index (κ1) is 43.0. The number of fused-ring (bicyclic) bond motifs is 3. The van der Waals surface area contributed by atoms with Gasteiger partial charge in [-0.2, -0.15) is 31.4 Å². The van der Waals surface area contributed by atoms with Crippen LogP contribution in [0.5, 0.6) is 0 Å². The molecule has 0 bridgehead atoms. The van der Waals surface area contributed by atoms with Crippen LogP contribution in [0.4, 0.5) is 13.2 Å². The van der Waals surface area contributed by atoms with Gasteiger partial charge < -0.3 is 24.8 Å². The Hall–Kier alpha value is -3.43. The third-order valence-electron chi connectivity index (χ3n) is 8.76. The number of halogens is 5. The zero-order valence-corrected chi connectivity index (χ0v) is 34.3. The van der Waals surface area contributed by atoms with Crippen LogP contribution in [0.15, 0.2) is 133 Å². The molecule has 52 heavy (non-hydrogen) atoms. The molecule has 0 fully saturated rings. The zero-order chi connectivity index (χ0) is 36.1. The van der Waals surface area contributed by atoms with E-state index in [4.69, 9.17) is 0 Å². The van der Waals surface area contributed by atoms with Crippen molar-refractivity contribution in [3.8, 4) is 33.4 Å². The van der Waals surface area contributed by atoms with E-state index in [1.54, 1.807) is 6.07 Å². The Balaban J connectivity index is 0.000000408. The summed E-state index contributed by atoms with van der Waals surface area (Å²) in [4.78, 5) is 0. The van der Waals surface area contributed by atoms with Crippen LogP contribution in [0.1, 0.15) is 74.9 Å². The summed E-state index contributed by atoms with van der Waals surface area (Å²) in [6.07, 6.45) is -3.67. The van der Waals surface area contributed by atoms with Gasteiger partial charge in [0.25, 0.3) is 0 Å². The van der Waals surface area contributed by atoms with Crippen molar-refractivity contribution in [2.24, 2.45) is 0 Å². The second kappa shape index (κ2) is 18.1. The predicted octanol–water partition coefficient (Wildman–Crippen LogP) is 6.80. The summed E-state index contributed by atoms with van der Waals surface area (Å²) < 4.78 is 42.7. The standard InChI is InChI=1S/C34H32F3.C7H6.C5H5.2ClH.Zr/c1-32(2,3)30-19-26-23(17-28(30)21-11-8-7-9-12-21)15-24-18-29(31(20-27(24)26)33(4,5)6)22-13-10-14-25(16-22)34(35,36)37;1-7-5-3-2-4-6-7;1-2-4-5-3-1;;;/h7-14,16-17,19-20H,15H2,1-6H3;1-6H;1-5H;2*1H;/q-1;;-1;;;+2/p-2. The van der Waals surface area contributed by atoms with Crippen LogP contribution < -0.4 is 24.8 Å². The topological polar surface area (TPSA) is 0 Å². The molecule has 0 aliphatic heterocycles. The van der Waals surface area contributed by atoms with Crippen LogP contribution in [-0.4, -0.2) is 3.71 Å². The molecule has 268 valence electrons. The van der Waals surface area contributed by atoms with Crippen LogP contribution >= 0.6 is 0 Å². The van der Waals surface area contributed by atoms with E-state index < -0.39 is 11.7 Å². The van der Waals surface area contributed by atoms with Crippen LogP contribution in [0.3, 0.4) is 0 Å². The minimum absolute atomic E-state index is 0. The maximum atomic E-state index is 13.5. The third kappa shape index (κ3) is 10.6. The van der Waals surface area contributed by atoms with Gasteiger partial charge in [-0.15, -0.1) is 28.8 Å². The Morgan fingerprint density at radius 1 is 0.615 bits per heavy atom. The van der Waals surface area contributed by atoms with E-state index >= 15 is 0 Å². The summed E-state index contributed by atoms with van der Waals surface area (Å²) in [6.45, 7) is 13.0. The van der Waals surface area contributed by atoms with Crippen molar-refractivity contribution < 1.29 is 62.2 Å². The van der Waals surface area contributed by atoms with Crippen molar-refractivity contribution in [2.45, 2.75) is 65.0 Å². The van der Waals surface area contributed by atoms with Gasteiger partial charge in [0, 0.05) is 5.56 Å². The average Bonchev–Trinajstić information content (AvgIpc) is 3.79. The average molecular weight is 815 g/mol. The third-order valence-corrected chi connectivity index (χ3v) is 9.58. The van der Waals surface area contributed by atoms with Gasteiger partial charge in [0.2, 0.25) is 0 Å². The fourth-order valence-corrected chi connectivity index (χ4v) is 6.69. The number of hydrogen-bond donors (Lipinski definition) is 0. The molecule has 0 nitrogen and oxygen atoms in total. The quantitative estimate of drug-likeness (QED) is 0.172. The summed E-state index contributed by atoms with van der Waals surface area (Å²) in [5.74, 6) is 0. The van der Waals surface area contributed by atoms with Crippen LogP contribution in [-0.2, 0) is 47.7 Å². The van der Waals surface area contributed by atoms with Gasteiger partial charge in [0.15, 0.2) is 0 Å². The molecular formula is C46H43Cl2F3Zr-2. The molecule has 0 aromatic heterocycles. The van der Waals surface area contributed by atoms with Gasteiger partial charge >= 0.3 is 70.0 Å². The van der Waals surface area contributed by atoms with Gasteiger partial charge in [-0.1, -0.05) is 125 Å². The van der Waals surface area contributed by atoms with E-state index in [-0.39, 0.29) is 35.6 Å². The number of hydrogen-bond acceptors (Lipinski definition) is 0. The van der Waals surface area contributed by atoms with E-state index in [9.17, 15) is 13.2 Å². The minimum Gasteiger partial charge on any atom is -0.214 e. The van der Waals surface area contributed by atoms with Crippen LogP contribution in [0.25, 0.3) is 33.4 Å². The van der Waals surface area contributed by atoms with E-state index in [2.05, 4.69) is 118 Å². The normalized spacial score (nSPS) is 11.7. The molecule has 6 aromatic carbocycles. The molecule has 0 amide bonds. The Morgan fingerprint density at radius 3 is 1.67 bits per heavy atom. The zero-order valence-electron chi connectivity index (χ0n) is 30.4. The smallest absolute Gasteiger partial charge is 0.172 e. The van der Waals surface area contributed by atoms with Crippen molar-refractivity contribution in [1.29, 1.82) is 0 Å². The predicted molar refractivity (Wildman–Crippen MR) is 200 cm³/mol. The van der Waals surface area contributed by atoms with Gasteiger partial charge in [-0.05, 0) is 39.5 Å². The summed E-state index contributed by atoms with van der Waals surface area (Å²) in [7, 11) is 0. The molecule has 0 N–H and O–H groups in total. The van der Waals surface area contributed by atoms with Crippen molar-refractivity contribution >= 4 is 3.71 Å². The molecule has 0 radical (unpaired) electrons. The van der Waals surface area contributed by atoms with Gasteiger partial charge in [0.1, 0.15) is 0 Å². The summed E-state index contributed by atoms with van der Waals surface area (Å²) in [5.41, 5.74) is 11.0. The largest absolute Gasteiger partial charge is 0.214 e. The Morgan fingerprint density at radius 2 is 1.17 bits per heavy atom. The molecule has 0 heterocycles. The Labute approximate surface area is 335 Å². The maximum Gasteiger partial charge on any atom is -0.172 e. The molecule has 0 atom stereocenters. The molecule has 0 saturated heterocycles. The first-order valence-corrected chi connectivity index (χ1v) is 18.3. The van der Waals surface area contributed by atoms with E-state index in [0.717, 1.165) is 28.3 Å². The fourth-order valence-electron chi connectivity index (χ4n) is 6.22. The molecule has 6 aromatic rings. The SMILES string of the molecule is CC(C)(C)c1cc2c([c-]c1-c1cccc(C(F)(F)F)c1)Cc1cc(-c3ccccc3)c(C(C)(C)C)cc1-2.[Cl-].[Cl-].[Zr+2]=[CH]c1ccccc1.c1cc[cH-]c1. The van der Waals surface area contributed by atoms with Gasteiger partial charge in [0.05, 0.1) is 0 Å². The minimum atomic E-state index is -4.39. The number of rotatable bonds is 3. The second-order valence-electron chi connectivity index (χ2n) is 14.6. The summed E-state index contributed by atoms with van der Waals surface area (Å²) in [5, 5.41) is 0. The molecular weight excluding hydrogens is 772 g/mol. The summed E-state index contributed by atoms with van der Waals surface area (Å²) >= 11 is 1.46. The van der Waals surface area contributed by atoms with Gasteiger partial charge in [-0.25, -0.2) is 12.1 Å². The van der Waals surface area contributed by atoms with Crippen molar-refractivity contribution in [3.05, 3.63) is 173 Å². The number of benzene rings is 5. The van der Waals surface area contributed by atoms with Crippen LogP contribution in [0, 0.1) is 6.07 Å². The van der Waals surface area contributed by atoms with Crippen molar-refractivity contribution in [2.75, 3.05) is 0 Å². The number of alkyl halides is 3. The molecule has 1 aliphatic carbocycles. The second-order valence-corrected chi connectivity index (χ2v) is 15.4. The van der Waals surface area contributed by atoms with E-state index in [1.807, 2.05) is 42.5 Å². The molecule has 6 heteroatoms. The monoisotopic (exact) mass is 812 g/mol. The Bertz CT molecular complexity index is 2020. The van der Waals surface area contributed by atoms with Gasteiger partial charge in [-0.3, -0.25) is 0 Å². The Kier molecular flexibility index (Phi) is 14.9. The molecule has 0 unspecified atom stereocenters. The molecule has 7 rings (SSSR count). The fraction of sp³-hybridized carbons (Fsp3) is 0.217. The molecule has 0 saturated carbocycles. The maximum absolute atomic E-state index is 13.5. The first-order valence-electron chi connectivity index (χ1n) is 16.9. The van der Waals surface area contributed by atoms with Crippen molar-refractivity contribution in [3.63, 3.8) is 0 Å². The van der Waals surface area contributed by atoms with E-state index in [0.29, 0.717) is 12.0 Å². The molecule has 0 spiro atoms. The summed E-state index contributed by atoms with van der Waals surface area (Å²) in [6, 6.07) is 46.8. The van der Waals surface area contributed by atoms with Crippen LogP contribution in [0.2, 0.25) is 0 Å². The first-order chi connectivity index (χ1) is 23.7.